The van der Waals surface area contributed by atoms with Gasteiger partial charge in [-0.1, -0.05) is 44.9 Å². The summed E-state index contributed by atoms with van der Waals surface area (Å²) in [4.78, 5) is 34.6. The molecule has 2 aromatic rings. The number of aliphatic imine (C=N–C) groups is 4. The summed E-state index contributed by atoms with van der Waals surface area (Å²) in [6.07, 6.45) is 10.2. The normalized spacial score (nSPS) is 15.7. The van der Waals surface area contributed by atoms with E-state index >= 15 is 0 Å². The Morgan fingerprint density at radius 2 is 1.19 bits per heavy atom. The van der Waals surface area contributed by atoms with Crippen molar-refractivity contribution in [2.24, 2.45) is 20.0 Å². The molecule has 0 amide bonds. The Kier molecular flexibility index (Phi) is 33.2. The van der Waals surface area contributed by atoms with E-state index in [1.165, 1.54) is 16.7 Å². The van der Waals surface area contributed by atoms with Crippen LogP contribution in [-0.4, -0.2) is 159 Å². The molecule has 0 aliphatic carbocycles. The first-order valence-electron chi connectivity index (χ1n) is 24.6. The molecule has 1 unspecified atom stereocenters. The molecule has 0 radical (unpaired) electrons. The number of carboxylic acid groups (broad SMARTS) is 1. The van der Waals surface area contributed by atoms with Gasteiger partial charge in [0.25, 0.3) is 0 Å². The SMILES string of the molecule is CC(=O)[O-].CC(C)[O-].CCc1c2[n-]c(c1CC)CC1N=C(C=Nc3cc(OCCOCCOCCOC)c(OCCOCCOCCOC)cc3N=CC3=N/C(=C\2)C(CCCO)=C3C)C(C)=C1CCCO.[Lu+3]. The number of carboxylic acids is 1. The molecule has 19 heteroatoms. The number of methoxy groups -OCH3 is 2. The molecule has 5 rings (SSSR count). The summed E-state index contributed by atoms with van der Waals surface area (Å²) >= 11 is 0. The summed E-state index contributed by atoms with van der Waals surface area (Å²) < 4.78 is 45.3. The molecule has 1 aromatic heterocycles. The third-order valence-corrected chi connectivity index (χ3v) is 11.1. The summed E-state index contributed by atoms with van der Waals surface area (Å²) in [6.45, 7) is 17.8. The molecule has 0 spiro atoms. The van der Waals surface area contributed by atoms with Crippen LogP contribution in [0.3, 0.4) is 0 Å². The predicted molar refractivity (Wildman–Crippen MR) is 273 cm³/mol. The number of aliphatic carboxylic acids is 1. The molecule has 408 valence electrons. The molecule has 3 aliphatic heterocycles. The maximum Gasteiger partial charge on any atom is 3.00 e. The molecule has 4 heterocycles. The van der Waals surface area contributed by atoms with Crippen LogP contribution in [-0.2, 0) is 52.5 Å². The van der Waals surface area contributed by atoms with Crippen molar-refractivity contribution in [3.05, 3.63) is 62.6 Å². The average molecular weight is 1170 g/mol. The topological polar surface area (TPSA) is 241 Å². The molecule has 0 saturated heterocycles. The van der Waals surface area contributed by atoms with E-state index in [0.717, 1.165) is 71.4 Å². The number of rotatable bonds is 28. The fourth-order valence-electron chi connectivity index (χ4n) is 7.73. The molecule has 18 nitrogen and oxygen atoms in total. The number of fused-ring (bicyclic) bond motifs is 5. The third kappa shape index (κ3) is 22.4. The molecule has 1 aromatic carbocycles. The Hall–Kier alpha value is -3.66. The van der Waals surface area contributed by atoms with Gasteiger partial charge in [-0.05, 0) is 88.0 Å². The number of nitrogens with zero attached hydrogens (tertiary/aromatic N) is 5. The number of benzene rings is 1. The summed E-state index contributed by atoms with van der Waals surface area (Å²) in [7, 11) is 3.28. The van der Waals surface area contributed by atoms with Crippen molar-refractivity contribution in [3.63, 3.8) is 0 Å². The van der Waals surface area contributed by atoms with E-state index in [1.807, 2.05) is 12.1 Å². The van der Waals surface area contributed by atoms with Crippen LogP contribution >= 0.6 is 0 Å². The largest absolute Gasteiger partial charge is 3.00 e. The summed E-state index contributed by atoms with van der Waals surface area (Å²) in [5, 5.41) is 38.1. The van der Waals surface area contributed by atoms with Crippen LogP contribution in [0.25, 0.3) is 6.08 Å². The molecule has 72 heavy (non-hydrogen) atoms. The van der Waals surface area contributed by atoms with Gasteiger partial charge in [-0.3, -0.25) is 15.0 Å². The van der Waals surface area contributed by atoms with E-state index < -0.39 is 12.1 Å². The number of carbonyl (C=O) groups excluding carboxylic acids is 1. The van der Waals surface area contributed by atoms with E-state index in [2.05, 4.69) is 33.8 Å². The van der Waals surface area contributed by atoms with Crippen molar-refractivity contribution in [1.29, 1.82) is 0 Å². The van der Waals surface area contributed by atoms with Crippen LogP contribution in [0.5, 0.6) is 11.5 Å². The Labute approximate surface area is 455 Å². The minimum absolute atomic E-state index is 0. The van der Waals surface area contributed by atoms with Crippen molar-refractivity contribution < 1.29 is 100.0 Å². The van der Waals surface area contributed by atoms with Crippen LogP contribution in [0, 0.1) is 36.9 Å². The number of aliphatic hydroxyl groups is 2. The standard InChI is InChI=1S/C48H68N5O10.C3H7O.C2H4O2.Lu/c1-7-35-36(8-2)40-28-42-38(12-10-14-55)34(4)46(53-42)32-50-44-30-48(63-26-24-61-22-20-59-18-16-57-6)47(62-25-23-60-21-19-58-17-15-56-5)29-43(44)49-31-45-33(3)37(11-9-13-54)41(52-45)27-39(35)51-40;1-3(2)4;1-2(3)4;/h27,29-32,42,54-55H,7-26,28H2,1-6H3;3H,1-2H3;1H3,(H,3,4);/q2*-1;;+3/p-1/b41-27-,49-31?,50-32?;;;. The first kappa shape index (κ1) is 64.5. The van der Waals surface area contributed by atoms with Crippen LogP contribution in [0.1, 0.15) is 96.7 Å². The van der Waals surface area contributed by atoms with Crippen LogP contribution in [0.15, 0.2) is 60.1 Å². The zero-order chi connectivity index (χ0) is 52.0. The number of ether oxygens (including phenoxy) is 8. The van der Waals surface area contributed by atoms with Crippen molar-refractivity contribution >= 4 is 47.3 Å². The van der Waals surface area contributed by atoms with E-state index in [-0.39, 0.29) is 69.3 Å². The summed E-state index contributed by atoms with van der Waals surface area (Å²) in [5.74, 6) is -0.142. The van der Waals surface area contributed by atoms with E-state index in [9.17, 15) is 15.3 Å². The smallest absolute Gasteiger partial charge is 0.852 e. The molecule has 0 fully saturated rings. The Bertz CT molecular complexity index is 2160. The average Bonchev–Trinajstić information content (AvgIpc) is 3.94. The Balaban J connectivity index is 0.00000183. The fraction of sp³-hybridized carbons (Fsp3) is 0.604. The van der Waals surface area contributed by atoms with Crippen LogP contribution in [0.2, 0.25) is 0 Å². The van der Waals surface area contributed by atoms with Gasteiger partial charge in [0.1, 0.15) is 13.2 Å². The van der Waals surface area contributed by atoms with Crippen LogP contribution < -0.4 is 24.7 Å². The maximum absolute atomic E-state index is 9.87. The summed E-state index contributed by atoms with van der Waals surface area (Å²) in [6, 6.07) is 3.51. The minimum Gasteiger partial charge on any atom is -0.852 e. The Morgan fingerprint density at radius 3 is 1.67 bits per heavy atom. The van der Waals surface area contributed by atoms with Crippen LogP contribution in [0.4, 0.5) is 11.4 Å². The number of allylic oxidation sites excluding steroid dienone is 3. The van der Waals surface area contributed by atoms with Gasteiger partial charge in [0, 0.05) is 45.5 Å². The van der Waals surface area contributed by atoms with Crippen molar-refractivity contribution in [2.75, 3.05) is 107 Å². The predicted octanol–water partition coefficient (Wildman–Crippen LogP) is 4.85. The second kappa shape index (κ2) is 37.1. The number of aromatic nitrogens is 1. The zero-order valence-corrected chi connectivity index (χ0v) is 45.4. The zero-order valence-electron chi connectivity index (χ0n) is 43.8. The van der Waals surface area contributed by atoms with Crippen molar-refractivity contribution in [1.82, 2.24) is 4.98 Å². The molecule has 0 saturated carbocycles. The number of hydrogen-bond acceptors (Lipinski definition) is 17. The van der Waals surface area contributed by atoms with Gasteiger partial charge >= 0.3 is 36.9 Å². The molecule has 1 atom stereocenters. The molecule has 2 N–H and O–H groups in total. The van der Waals surface area contributed by atoms with Gasteiger partial charge in [-0.25, -0.2) is 4.99 Å². The van der Waals surface area contributed by atoms with Gasteiger partial charge in [-0.2, -0.15) is 5.69 Å². The third-order valence-electron chi connectivity index (χ3n) is 11.1. The monoisotopic (exact) mass is 1170 g/mol. The van der Waals surface area contributed by atoms with Gasteiger partial charge in [0.2, 0.25) is 0 Å². The molecular weight excluding hydrogens is 1090 g/mol. The number of aliphatic hydroxyl groups excluding tert-OH is 2. The summed E-state index contributed by atoms with van der Waals surface area (Å²) in [5.41, 5.74) is 12.1. The van der Waals surface area contributed by atoms with Gasteiger partial charge in [0.15, 0.2) is 11.5 Å². The van der Waals surface area contributed by atoms with Gasteiger partial charge < -0.3 is 68.1 Å². The maximum atomic E-state index is 9.87. The first-order valence-corrected chi connectivity index (χ1v) is 24.6. The Morgan fingerprint density at radius 1 is 0.736 bits per heavy atom. The molecule has 3 aliphatic rings. The van der Waals surface area contributed by atoms with Crippen molar-refractivity contribution in [3.8, 4) is 11.5 Å². The second-order valence-corrected chi connectivity index (χ2v) is 16.8. The quantitative estimate of drug-likeness (QED) is 0.108. The van der Waals surface area contributed by atoms with Crippen molar-refractivity contribution in [2.45, 2.75) is 106 Å². The van der Waals surface area contributed by atoms with Gasteiger partial charge in [0.05, 0.1) is 113 Å². The number of carbonyl (C=O) groups is 1. The minimum atomic E-state index is -1.08. The van der Waals surface area contributed by atoms with Gasteiger partial charge in [-0.15, -0.1) is 11.8 Å². The molecule has 6 bridgehead atoms. The van der Waals surface area contributed by atoms with E-state index in [4.69, 9.17) is 72.7 Å². The van der Waals surface area contributed by atoms with E-state index in [0.29, 0.717) is 115 Å². The molecular formula is C53H78LuN5O13. The number of hydrogen-bond donors (Lipinski definition) is 2. The second-order valence-electron chi connectivity index (χ2n) is 16.8. The fourth-order valence-corrected chi connectivity index (χ4v) is 7.73. The first-order chi connectivity index (χ1) is 34.3. The van der Waals surface area contributed by atoms with E-state index in [1.54, 1.807) is 40.5 Å².